The Hall–Kier alpha value is -3.24. The highest BCUT2D eigenvalue weighted by atomic mass is 35.5. The minimum Gasteiger partial charge on any atom is -0.478 e. The Morgan fingerprint density at radius 1 is 1.12 bits per heavy atom. The van der Waals surface area contributed by atoms with Gasteiger partial charge in [-0.25, -0.2) is 9.48 Å². The molecule has 168 valence electrons. The highest BCUT2D eigenvalue weighted by Gasteiger charge is 2.42. The fraction of sp³-hybridized carbons (Fsp3) is 0.150. The van der Waals surface area contributed by atoms with Crippen molar-refractivity contribution >= 4 is 35.1 Å². The van der Waals surface area contributed by atoms with Gasteiger partial charge in [0.15, 0.2) is 5.69 Å². The SMILES string of the molecule is Cn1nc(C(F)(F)F)c(C(=O)NCc2ccc(C(=O)O)cc2)c1Oc1ccc(Cl)c(Cl)c1. The van der Waals surface area contributed by atoms with Crippen molar-refractivity contribution < 1.29 is 32.6 Å². The van der Waals surface area contributed by atoms with Crippen LogP contribution >= 0.6 is 23.2 Å². The van der Waals surface area contributed by atoms with Crippen LogP contribution in [0.15, 0.2) is 42.5 Å². The largest absolute Gasteiger partial charge is 0.478 e. The number of nitrogens with one attached hydrogen (secondary N) is 1. The summed E-state index contributed by atoms with van der Waals surface area (Å²) in [5.41, 5.74) is -1.72. The van der Waals surface area contributed by atoms with Crippen LogP contribution in [0.3, 0.4) is 0 Å². The first-order chi connectivity index (χ1) is 15.0. The summed E-state index contributed by atoms with van der Waals surface area (Å²) < 4.78 is 46.9. The number of halogens is 5. The molecule has 1 aromatic heterocycles. The van der Waals surface area contributed by atoms with Crippen LogP contribution in [0.2, 0.25) is 10.0 Å². The summed E-state index contributed by atoms with van der Waals surface area (Å²) in [6.07, 6.45) is -4.92. The maximum atomic E-state index is 13.5. The molecule has 3 aromatic rings. The normalized spacial score (nSPS) is 11.3. The first-order valence-corrected chi connectivity index (χ1v) is 9.60. The highest BCUT2D eigenvalue weighted by Crippen LogP contribution is 2.38. The number of carboxylic acids is 1. The summed E-state index contributed by atoms with van der Waals surface area (Å²) in [5, 5.41) is 15.0. The number of benzene rings is 2. The molecule has 3 rings (SSSR count). The molecular formula is C20H14Cl2F3N3O4. The molecule has 2 aromatic carbocycles. The fourth-order valence-corrected chi connectivity index (χ4v) is 3.00. The average Bonchev–Trinajstić information content (AvgIpc) is 3.06. The zero-order chi connectivity index (χ0) is 23.6. The van der Waals surface area contributed by atoms with Crippen molar-refractivity contribution in [3.63, 3.8) is 0 Å². The van der Waals surface area contributed by atoms with Crippen LogP contribution in [0.5, 0.6) is 11.6 Å². The number of aryl methyl sites for hydroxylation is 1. The Morgan fingerprint density at radius 3 is 2.34 bits per heavy atom. The molecule has 0 spiro atoms. The lowest BCUT2D eigenvalue weighted by molar-refractivity contribution is -0.141. The van der Waals surface area contributed by atoms with Crippen molar-refractivity contribution in [1.82, 2.24) is 15.1 Å². The van der Waals surface area contributed by atoms with Crippen LogP contribution in [-0.2, 0) is 19.8 Å². The first kappa shape index (κ1) is 23.4. The van der Waals surface area contributed by atoms with Crippen molar-refractivity contribution in [2.45, 2.75) is 12.7 Å². The molecule has 0 fully saturated rings. The number of rotatable bonds is 6. The molecule has 0 saturated heterocycles. The van der Waals surface area contributed by atoms with Crippen molar-refractivity contribution in [2.75, 3.05) is 0 Å². The van der Waals surface area contributed by atoms with E-state index in [4.69, 9.17) is 33.0 Å². The topological polar surface area (TPSA) is 93.5 Å². The number of carbonyl (C=O) groups excluding carboxylic acids is 1. The van der Waals surface area contributed by atoms with Gasteiger partial charge in [0.05, 0.1) is 15.6 Å². The molecule has 0 aliphatic heterocycles. The van der Waals surface area contributed by atoms with Gasteiger partial charge in [-0.1, -0.05) is 35.3 Å². The molecule has 12 heteroatoms. The number of amides is 1. The molecule has 0 aliphatic rings. The molecule has 2 N–H and O–H groups in total. The summed E-state index contributed by atoms with van der Waals surface area (Å²) in [5.74, 6) is -2.61. The zero-order valence-corrected chi connectivity index (χ0v) is 17.7. The van der Waals surface area contributed by atoms with Gasteiger partial charge < -0.3 is 15.2 Å². The third-order valence-electron chi connectivity index (χ3n) is 4.25. The van der Waals surface area contributed by atoms with Gasteiger partial charge in [-0.2, -0.15) is 18.3 Å². The smallest absolute Gasteiger partial charge is 0.436 e. The molecule has 0 unspecified atom stereocenters. The number of hydrogen-bond donors (Lipinski definition) is 2. The Morgan fingerprint density at radius 2 is 1.78 bits per heavy atom. The summed E-state index contributed by atoms with van der Waals surface area (Å²) >= 11 is 11.8. The molecule has 0 atom stereocenters. The number of aromatic nitrogens is 2. The van der Waals surface area contributed by atoms with Crippen LogP contribution in [0.25, 0.3) is 0 Å². The molecule has 0 bridgehead atoms. The van der Waals surface area contributed by atoms with E-state index in [-0.39, 0.29) is 27.9 Å². The predicted molar refractivity (Wildman–Crippen MR) is 109 cm³/mol. The summed E-state index contributed by atoms with van der Waals surface area (Å²) in [6, 6.07) is 9.55. The molecule has 1 amide bonds. The van der Waals surface area contributed by atoms with E-state index in [0.29, 0.717) is 5.56 Å². The molecule has 0 radical (unpaired) electrons. The van der Waals surface area contributed by atoms with E-state index in [9.17, 15) is 22.8 Å². The number of nitrogens with zero attached hydrogens (tertiary/aromatic N) is 2. The molecule has 1 heterocycles. The Balaban J connectivity index is 1.91. The van der Waals surface area contributed by atoms with Gasteiger partial charge in [0, 0.05) is 19.7 Å². The number of hydrogen-bond acceptors (Lipinski definition) is 4. The van der Waals surface area contributed by atoms with E-state index < -0.39 is 35.2 Å². The van der Waals surface area contributed by atoms with Crippen LogP contribution < -0.4 is 10.1 Å². The average molecular weight is 488 g/mol. The minimum absolute atomic E-state index is 0.0315. The number of aromatic carboxylic acids is 1. The third-order valence-corrected chi connectivity index (χ3v) is 4.99. The van der Waals surface area contributed by atoms with E-state index >= 15 is 0 Å². The predicted octanol–water partition coefficient (Wildman–Crippen LogP) is 5.17. The van der Waals surface area contributed by atoms with Gasteiger partial charge in [0.1, 0.15) is 11.3 Å². The van der Waals surface area contributed by atoms with Gasteiger partial charge in [0.25, 0.3) is 5.91 Å². The van der Waals surface area contributed by atoms with E-state index in [2.05, 4.69) is 10.4 Å². The number of carboxylic acid groups (broad SMARTS) is 1. The van der Waals surface area contributed by atoms with Gasteiger partial charge in [-0.05, 0) is 29.8 Å². The third kappa shape index (κ3) is 5.14. The second-order valence-corrected chi connectivity index (χ2v) is 7.33. The van der Waals surface area contributed by atoms with Crippen molar-refractivity contribution in [3.05, 3.63) is 74.9 Å². The van der Waals surface area contributed by atoms with E-state index in [0.717, 1.165) is 4.68 Å². The lowest BCUT2D eigenvalue weighted by Crippen LogP contribution is -2.25. The van der Waals surface area contributed by atoms with Crippen molar-refractivity contribution in [2.24, 2.45) is 7.05 Å². The summed E-state index contributed by atoms with van der Waals surface area (Å²) in [6.45, 7) is -0.156. The first-order valence-electron chi connectivity index (χ1n) is 8.85. The van der Waals surface area contributed by atoms with Crippen molar-refractivity contribution in [1.29, 1.82) is 0 Å². The molecular weight excluding hydrogens is 474 g/mol. The quantitative estimate of drug-likeness (QED) is 0.500. The number of ether oxygens (including phenoxy) is 1. The molecule has 0 aliphatic carbocycles. The second-order valence-electron chi connectivity index (χ2n) is 6.51. The maximum Gasteiger partial charge on any atom is 0.436 e. The van der Waals surface area contributed by atoms with Crippen LogP contribution in [0.1, 0.15) is 32.0 Å². The maximum absolute atomic E-state index is 13.5. The lowest BCUT2D eigenvalue weighted by Gasteiger charge is -2.11. The van der Waals surface area contributed by atoms with Crippen LogP contribution in [-0.4, -0.2) is 26.8 Å². The molecule has 32 heavy (non-hydrogen) atoms. The van der Waals surface area contributed by atoms with Crippen molar-refractivity contribution in [3.8, 4) is 11.6 Å². The van der Waals surface area contributed by atoms with E-state index in [1.54, 1.807) is 0 Å². The lowest BCUT2D eigenvalue weighted by atomic mass is 10.1. The van der Waals surface area contributed by atoms with E-state index in [1.165, 1.54) is 49.5 Å². The van der Waals surface area contributed by atoms with Gasteiger partial charge in [-0.15, -0.1) is 0 Å². The Bertz CT molecular complexity index is 1180. The van der Waals surface area contributed by atoms with Crippen LogP contribution in [0, 0.1) is 0 Å². The molecule has 0 saturated carbocycles. The van der Waals surface area contributed by atoms with Gasteiger partial charge >= 0.3 is 12.1 Å². The van der Waals surface area contributed by atoms with Gasteiger partial charge in [-0.3, -0.25) is 4.79 Å². The fourth-order valence-electron chi connectivity index (χ4n) is 2.72. The number of carbonyl (C=O) groups is 2. The summed E-state index contributed by atoms with van der Waals surface area (Å²) in [4.78, 5) is 23.6. The minimum atomic E-state index is -4.92. The second kappa shape index (κ2) is 9.09. The molecule has 7 nitrogen and oxygen atoms in total. The zero-order valence-electron chi connectivity index (χ0n) is 16.2. The Labute approximate surface area is 189 Å². The number of alkyl halides is 3. The summed E-state index contributed by atoms with van der Waals surface area (Å²) in [7, 11) is 1.20. The Kier molecular flexibility index (Phi) is 6.65. The van der Waals surface area contributed by atoms with Gasteiger partial charge in [0.2, 0.25) is 5.88 Å². The van der Waals surface area contributed by atoms with E-state index in [1.807, 2.05) is 0 Å². The highest BCUT2D eigenvalue weighted by molar-refractivity contribution is 6.42. The monoisotopic (exact) mass is 487 g/mol. The van der Waals surface area contributed by atoms with Crippen LogP contribution in [0.4, 0.5) is 13.2 Å². The standard InChI is InChI=1S/C20H14Cl2F3N3O4/c1-28-18(32-12-6-7-13(21)14(22)8-12)15(16(27-28)20(23,24)25)17(29)26-9-10-2-4-11(5-3-10)19(30)31/h2-8H,9H2,1H3,(H,26,29)(H,30,31).